The Bertz CT molecular complexity index is 561. The number of hydrogen-bond acceptors (Lipinski definition) is 4. The molecule has 3 N–H and O–H groups in total. The number of carbonyl (C=O) groups excluding carboxylic acids is 2. The Morgan fingerprint density at radius 1 is 1.45 bits per heavy atom. The number of aliphatic hydroxyl groups is 1. The van der Waals surface area contributed by atoms with E-state index >= 15 is 0 Å². The van der Waals surface area contributed by atoms with Gasteiger partial charge in [-0.15, -0.1) is 0 Å². The van der Waals surface area contributed by atoms with Crippen LogP contribution in [0.15, 0.2) is 18.2 Å². The summed E-state index contributed by atoms with van der Waals surface area (Å²) >= 11 is 0. The first-order valence-corrected chi connectivity index (χ1v) is 6.62. The van der Waals surface area contributed by atoms with E-state index in [2.05, 4.69) is 10.6 Å². The van der Waals surface area contributed by atoms with Gasteiger partial charge in [0.15, 0.2) is 6.61 Å². The van der Waals surface area contributed by atoms with Gasteiger partial charge < -0.3 is 20.5 Å². The van der Waals surface area contributed by atoms with Gasteiger partial charge in [0.05, 0.1) is 17.8 Å². The van der Waals surface area contributed by atoms with Gasteiger partial charge in [-0.2, -0.15) is 0 Å². The van der Waals surface area contributed by atoms with Gasteiger partial charge in [0.2, 0.25) is 0 Å². The topological polar surface area (TPSA) is 87.7 Å². The molecular formula is C14H16N2O4. The lowest BCUT2D eigenvalue weighted by Crippen LogP contribution is -2.56. The highest BCUT2D eigenvalue weighted by Crippen LogP contribution is 2.32. The summed E-state index contributed by atoms with van der Waals surface area (Å²) in [6.07, 6.45) is 2.61. The lowest BCUT2D eigenvalue weighted by atomic mass is 9.77. The average Bonchev–Trinajstić information content (AvgIpc) is 2.42. The Kier molecular flexibility index (Phi) is 3.10. The fourth-order valence-corrected chi connectivity index (χ4v) is 2.46. The number of nitrogens with one attached hydrogen (secondary N) is 2. The number of hydrogen-bond donors (Lipinski definition) is 3. The number of amides is 2. The molecule has 1 aromatic carbocycles. The Morgan fingerprint density at radius 3 is 2.90 bits per heavy atom. The summed E-state index contributed by atoms with van der Waals surface area (Å²) < 4.78 is 5.28. The van der Waals surface area contributed by atoms with E-state index in [0.717, 1.165) is 19.3 Å². The maximum Gasteiger partial charge on any atom is 0.262 e. The van der Waals surface area contributed by atoms with Crippen LogP contribution >= 0.6 is 0 Å². The minimum atomic E-state index is -0.470. The second-order valence-electron chi connectivity index (χ2n) is 5.29. The van der Waals surface area contributed by atoms with E-state index < -0.39 is 5.54 Å². The summed E-state index contributed by atoms with van der Waals surface area (Å²) in [6.45, 7) is -0.0884. The third-order valence-corrected chi connectivity index (χ3v) is 3.87. The molecule has 0 bridgehead atoms. The van der Waals surface area contributed by atoms with Gasteiger partial charge in [-0.1, -0.05) is 0 Å². The minimum absolute atomic E-state index is 0.0430. The highest BCUT2D eigenvalue weighted by atomic mass is 16.5. The summed E-state index contributed by atoms with van der Waals surface area (Å²) in [5.74, 6) is 0.0503. The summed E-state index contributed by atoms with van der Waals surface area (Å²) in [7, 11) is 0. The molecule has 0 unspecified atom stereocenters. The fourth-order valence-electron chi connectivity index (χ4n) is 2.46. The number of rotatable bonds is 3. The standard InChI is InChI=1S/C14H16N2O4/c17-8-14(4-1-5-14)16-13(19)9-2-3-10-11(6-9)20-7-12(18)15-10/h2-3,6,17H,1,4-5,7-8H2,(H,15,18)(H,16,19). The molecule has 0 radical (unpaired) electrons. The molecule has 0 atom stereocenters. The monoisotopic (exact) mass is 276 g/mol. The molecule has 3 rings (SSSR count). The Hall–Kier alpha value is -2.08. The number of benzene rings is 1. The molecule has 2 aliphatic rings. The lowest BCUT2D eigenvalue weighted by Gasteiger charge is -2.41. The fraction of sp³-hybridized carbons (Fsp3) is 0.429. The third-order valence-electron chi connectivity index (χ3n) is 3.87. The first-order chi connectivity index (χ1) is 9.62. The first-order valence-electron chi connectivity index (χ1n) is 6.62. The molecule has 1 aromatic rings. The van der Waals surface area contributed by atoms with E-state index in [1.54, 1.807) is 18.2 Å². The molecule has 1 aliphatic heterocycles. The normalized spacial score (nSPS) is 19.1. The molecule has 6 nitrogen and oxygen atoms in total. The number of carbonyl (C=O) groups is 2. The zero-order valence-corrected chi connectivity index (χ0v) is 10.9. The number of fused-ring (bicyclic) bond motifs is 1. The maximum atomic E-state index is 12.2. The molecule has 0 aromatic heterocycles. The van der Waals surface area contributed by atoms with Crippen LogP contribution in [0.4, 0.5) is 5.69 Å². The lowest BCUT2D eigenvalue weighted by molar-refractivity contribution is -0.118. The molecule has 106 valence electrons. The van der Waals surface area contributed by atoms with Gasteiger partial charge in [-0.05, 0) is 37.5 Å². The van der Waals surface area contributed by atoms with Crippen molar-refractivity contribution in [3.63, 3.8) is 0 Å². The minimum Gasteiger partial charge on any atom is -0.482 e. The van der Waals surface area contributed by atoms with Crippen LogP contribution in [0.1, 0.15) is 29.6 Å². The molecule has 20 heavy (non-hydrogen) atoms. The van der Waals surface area contributed by atoms with Crippen LogP contribution in [0.2, 0.25) is 0 Å². The van der Waals surface area contributed by atoms with Crippen molar-refractivity contribution in [1.29, 1.82) is 0 Å². The van der Waals surface area contributed by atoms with Crippen LogP contribution < -0.4 is 15.4 Å². The van der Waals surface area contributed by atoms with E-state index in [1.807, 2.05) is 0 Å². The van der Waals surface area contributed by atoms with Crippen LogP contribution in [-0.2, 0) is 4.79 Å². The predicted molar refractivity (Wildman–Crippen MR) is 71.7 cm³/mol. The molecule has 0 saturated heterocycles. The smallest absolute Gasteiger partial charge is 0.262 e. The number of ether oxygens (including phenoxy) is 1. The van der Waals surface area contributed by atoms with Crippen molar-refractivity contribution in [2.75, 3.05) is 18.5 Å². The summed E-state index contributed by atoms with van der Waals surface area (Å²) in [5, 5.41) is 14.9. The molecule has 6 heteroatoms. The van der Waals surface area contributed by atoms with Crippen molar-refractivity contribution in [2.45, 2.75) is 24.8 Å². The summed E-state index contributed by atoms with van der Waals surface area (Å²) in [5.41, 5.74) is 0.556. The van der Waals surface area contributed by atoms with Crippen LogP contribution in [0.5, 0.6) is 5.75 Å². The predicted octanol–water partition coefficient (Wildman–Crippen LogP) is 0.662. The van der Waals surface area contributed by atoms with Crippen LogP contribution in [0, 0.1) is 0 Å². The van der Waals surface area contributed by atoms with Crippen LogP contribution in [0.25, 0.3) is 0 Å². The van der Waals surface area contributed by atoms with Crippen LogP contribution in [0.3, 0.4) is 0 Å². The highest BCUT2D eigenvalue weighted by molar-refractivity contribution is 5.99. The Labute approximate surface area is 116 Å². The molecule has 1 saturated carbocycles. The molecule has 1 fully saturated rings. The van der Waals surface area contributed by atoms with Crippen molar-refractivity contribution in [3.05, 3.63) is 23.8 Å². The van der Waals surface area contributed by atoms with E-state index in [0.29, 0.717) is 17.0 Å². The number of anilines is 1. The van der Waals surface area contributed by atoms with Gasteiger partial charge in [-0.25, -0.2) is 0 Å². The molecule has 1 heterocycles. The van der Waals surface area contributed by atoms with Crippen molar-refractivity contribution >= 4 is 17.5 Å². The van der Waals surface area contributed by atoms with E-state index in [-0.39, 0.29) is 25.0 Å². The molecule has 2 amide bonds. The van der Waals surface area contributed by atoms with Gasteiger partial charge in [0, 0.05) is 5.56 Å². The maximum absolute atomic E-state index is 12.2. The summed E-state index contributed by atoms with van der Waals surface area (Å²) in [4.78, 5) is 23.4. The first kappa shape index (κ1) is 12.9. The highest BCUT2D eigenvalue weighted by Gasteiger charge is 2.38. The third kappa shape index (κ3) is 2.22. The largest absolute Gasteiger partial charge is 0.482 e. The van der Waals surface area contributed by atoms with E-state index in [1.165, 1.54) is 0 Å². The molecule has 1 aliphatic carbocycles. The second-order valence-corrected chi connectivity index (χ2v) is 5.29. The molecule has 0 spiro atoms. The van der Waals surface area contributed by atoms with Gasteiger partial charge in [0.25, 0.3) is 11.8 Å². The van der Waals surface area contributed by atoms with Gasteiger partial charge in [0.1, 0.15) is 5.75 Å². The van der Waals surface area contributed by atoms with Gasteiger partial charge >= 0.3 is 0 Å². The van der Waals surface area contributed by atoms with E-state index in [4.69, 9.17) is 4.74 Å². The van der Waals surface area contributed by atoms with Crippen molar-refractivity contribution in [1.82, 2.24) is 5.32 Å². The Morgan fingerprint density at radius 2 is 2.25 bits per heavy atom. The summed E-state index contributed by atoms with van der Waals surface area (Å²) in [6, 6.07) is 4.88. The zero-order valence-electron chi connectivity index (χ0n) is 10.9. The van der Waals surface area contributed by atoms with Crippen molar-refractivity contribution < 1.29 is 19.4 Å². The second kappa shape index (κ2) is 4.79. The van der Waals surface area contributed by atoms with E-state index in [9.17, 15) is 14.7 Å². The van der Waals surface area contributed by atoms with Crippen molar-refractivity contribution in [2.24, 2.45) is 0 Å². The van der Waals surface area contributed by atoms with Gasteiger partial charge in [-0.3, -0.25) is 9.59 Å². The van der Waals surface area contributed by atoms with Crippen molar-refractivity contribution in [3.8, 4) is 5.75 Å². The molecular weight excluding hydrogens is 260 g/mol. The number of aliphatic hydroxyl groups excluding tert-OH is 1. The average molecular weight is 276 g/mol. The zero-order chi connectivity index (χ0) is 14.2. The SMILES string of the molecule is O=C1COc2cc(C(=O)NC3(CO)CCC3)ccc2N1. The van der Waals surface area contributed by atoms with Crippen LogP contribution in [-0.4, -0.2) is 35.7 Å². The quantitative estimate of drug-likeness (QED) is 0.757. The Balaban J connectivity index is 1.77.